The monoisotopic (exact) mass is 424 g/mol. The number of carbonyl (C=O) groups is 2. The number of hydrogen-bond donors (Lipinski definition) is 1. The van der Waals surface area contributed by atoms with Gasteiger partial charge >= 0.3 is 0 Å². The second-order valence-corrected chi connectivity index (χ2v) is 8.09. The molecule has 0 spiro atoms. The molecule has 2 atom stereocenters. The molecule has 0 aliphatic carbocycles. The van der Waals surface area contributed by atoms with Gasteiger partial charge in [0.05, 0.1) is 26.7 Å². The molecular weight excluding hydrogens is 396 g/mol. The van der Waals surface area contributed by atoms with E-state index in [1.165, 1.54) is 0 Å². The van der Waals surface area contributed by atoms with Gasteiger partial charge in [0.25, 0.3) is 0 Å². The second-order valence-electron chi connectivity index (χ2n) is 8.09. The Kier molecular flexibility index (Phi) is 5.76. The predicted octanol–water partition coefficient (Wildman–Crippen LogP) is 2.66. The van der Waals surface area contributed by atoms with Crippen molar-refractivity contribution < 1.29 is 23.8 Å². The molecule has 4 rings (SSSR count). The number of amides is 2. The minimum Gasteiger partial charge on any atom is -0.497 e. The lowest BCUT2D eigenvalue weighted by Gasteiger charge is -2.29. The molecule has 2 aliphatic heterocycles. The number of fused-ring (bicyclic) bond motifs is 1. The molecule has 0 radical (unpaired) electrons. The third-order valence-corrected chi connectivity index (χ3v) is 6.46. The number of nitrogens with zero attached hydrogens (tertiary/aromatic N) is 1. The Balaban J connectivity index is 1.63. The molecule has 7 heteroatoms. The van der Waals surface area contributed by atoms with Crippen LogP contribution in [0.15, 0.2) is 42.5 Å². The molecule has 164 valence electrons. The SMILES string of the molecule is COc1cccc([C@]2(C(=O)NCc3cc(OC)ccc3OC)C[C@@H]3CCC(=O)N3C2)c1. The normalized spacial score (nSPS) is 22.2. The summed E-state index contributed by atoms with van der Waals surface area (Å²) in [6, 6.07) is 13.2. The van der Waals surface area contributed by atoms with E-state index in [1.54, 1.807) is 21.3 Å². The van der Waals surface area contributed by atoms with Crippen molar-refractivity contribution in [1.82, 2.24) is 10.2 Å². The molecule has 0 bridgehead atoms. The van der Waals surface area contributed by atoms with Crippen molar-refractivity contribution in [3.8, 4) is 17.2 Å². The first-order chi connectivity index (χ1) is 15.0. The Hall–Kier alpha value is -3.22. The minimum absolute atomic E-state index is 0.0933. The molecule has 2 heterocycles. The average Bonchev–Trinajstić information content (AvgIpc) is 3.36. The van der Waals surface area contributed by atoms with Gasteiger partial charge in [0.1, 0.15) is 17.2 Å². The number of nitrogens with one attached hydrogen (secondary N) is 1. The van der Waals surface area contributed by atoms with Crippen molar-refractivity contribution in [3.63, 3.8) is 0 Å². The lowest BCUT2D eigenvalue weighted by molar-refractivity contribution is -0.129. The number of rotatable bonds is 7. The largest absolute Gasteiger partial charge is 0.497 e. The summed E-state index contributed by atoms with van der Waals surface area (Å²) >= 11 is 0. The van der Waals surface area contributed by atoms with Gasteiger partial charge in [-0.1, -0.05) is 12.1 Å². The molecule has 1 N–H and O–H groups in total. The van der Waals surface area contributed by atoms with Crippen LogP contribution < -0.4 is 19.5 Å². The van der Waals surface area contributed by atoms with Crippen LogP contribution >= 0.6 is 0 Å². The topological polar surface area (TPSA) is 77.1 Å². The highest BCUT2D eigenvalue weighted by Gasteiger charge is 2.53. The molecule has 2 aromatic rings. The summed E-state index contributed by atoms with van der Waals surface area (Å²) in [5.74, 6) is 2.08. The predicted molar refractivity (Wildman–Crippen MR) is 115 cm³/mol. The van der Waals surface area contributed by atoms with E-state index in [9.17, 15) is 9.59 Å². The van der Waals surface area contributed by atoms with Crippen molar-refractivity contribution in [2.75, 3.05) is 27.9 Å². The van der Waals surface area contributed by atoms with Crippen LogP contribution in [0.2, 0.25) is 0 Å². The summed E-state index contributed by atoms with van der Waals surface area (Å²) in [4.78, 5) is 27.9. The van der Waals surface area contributed by atoms with E-state index in [4.69, 9.17) is 14.2 Å². The summed E-state index contributed by atoms with van der Waals surface area (Å²) < 4.78 is 16.1. The van der Waals surface area contributed by atoms with Crippen molar-refractivity contribution in [2.24, 2.45) is 0 Å². The smallest absolute Gasteiger partial charge is 0.232 e. The molecule has 2 fully saturated rings. The Morgan fingerprint density at radius 1 is 1.10 bits per heavy atom. The maximum atomic E-state index is 13.7. The first-order valence-electron chi connectivity index (χ1n) is 10.4. The molecule has 31 heavy (non-hydrogen) atoms. The van der Waals surface area contributed by atoms with Gasteiger partial charge in [-0.2, -0.15) is 0 Å². The Morgan fingerprint density at radius 3 is 2.58 bits per heavy atom. The summed E-state index contributed by atoms with van der Waals surface area (Å²) in [6.45, 7) is 0.675. The Morgan fingerprint density at radius 2 is 1.87 bits per heavy atom. The highest BCUT2D eigenvalue weighted by molar-refractivity contribution is 5.91. The fourth-order valence-corrected chi connectivity index (χ4v) is 4.77. The van der Waals surface area contributed by atoms with E-state index in [2.05, 4.69) is 5.32 Å². The van der Waals surface area contributed by atoms with Crippen LogP contribution in [0.4, 0.5) is 0 Å². The van der Waals surface area contributed by atoms with Gasteiger partial charge in [0, 0.05) is 31.1 Å². The van der Waals surface area contributed by atoms with E-state index in [-0.39, 0.29) is 17.9 Å². The van der Waals surface area contributed by atoms with E-state index in [0.29, 0.717) is 43.2 Å². The van der Waals surface area contributed by atoms with E-state index >= 15 is 0 Å². The molecule has 7 nitrogen and oxygen atoms in total. The van der Waals surface area contributed by atoms with Gasteiger partial charge in [0.2, 0.25) is 11.8 Å². The summed E-state index contributed by atoms with van der Waals surface area (Å²) in [6.07, 6.45) is 1.95. The Bertz CT molecular complexity index is 992. The van der Waals surface area contributed by atoms with Gasteiger partial charge in [0.15, 0.2) is 0 Å². The second kappa shape index (κ2) is 8.49. The Labute approximate surface area is 182 Å². The zero-order valence-electron chi connectivity index (χ0n) is 18.1. The molecule has 2 saturated heterocycles. The number of carbonyl (C=O) groups excluding carboxylic acids is 2. The standard InChI is InChI=1S/C24H28N2O5/c1-29-19-6-4-5-17(12-19)24(13-18-7-10-22(27)26(18)15-24)23(28)25-14-16-11-20(30-2)8-9-21(16)31-3/h4-6,8-9,11-12,18H,7,10,13-15H2,1-3H3,(H,25,28)/t18-,24-/m0/s1. The van der Waals surface area contributed by atoms with Crippen LogP contribution in [0.3, 0.4) is 0 Å². The van der Waals surface area contributed by atoms with E-state index in [0.717, 1.165) is 17.5 Å². The van der Waals surface area contributed by atoms with E-state index < -0.39 is 5.41 Å². The molecule has 0 unspecified atom stereocenters. The third-order valence-electron chi connectivity index (χ3n) is 6.46. The van der Waals surface area contributed by atoms with Gasteiger partial charge < -0.3 is 24.4 Å². The molecule has 2 aliphatic rings. The van der Waals surface area contributed by atoms with Crippen LogP contribution in [-0.4, -0.2) is 50.6 Å². The van der Waals surface area contributed by atoms with E-state index in [1.807, 2.05) is 47.4 Å². The summed E-state index contributed by atoms with van der Waals surface area (Å²) in [5.41, 5.74) is 0.871. The van der Waals surface area contributed by atoms with Gasteiger partial charge in [-0.15, -0.1) is 0 Å². The minimum atomic E-state index is -0.818. The lowest BCUT2D eigenvalue weighted by atomic mass is 9.76. The maximum Gasteiger partial charge on any atom is 0.232 e. The van der Waals surface area contributed by atoms with Crippen LogP contribution in [0.1, 0.15) is 30.4 Å². The zero-order valence-corrected chi connectivity index (χ0v) is 18.1. The van der Waals surface area contributed by atoms with Crippen molar-refractivity contribution >= 4 is 11.8 Å². The number of hydrogen-bond acceptors (Lipinski definition) is 5. The van der Waals surface area contributed by atoms with Crippen molar-refractivity contribution in [3.05, 3.63) is 53.6 Å². The van der Waals surface area contributed by atoms with Crippen molar-refractivity contribution in [1.29, 1.82) is 0 Å². The quantitative estimate of drug-likeness (QED) is 0.740. The summed E-state index contributed by atoms with van der Waals surface area (Å²) in [7, 11) is 4.81. The molecular formula is C24H28N2O5. The molecule has 2 aromatic carbocycles. The van der Waals surface area contributed by atoms with Crippen molar-refractivity contribution in [2.45, 2.75) is 37.3 Å². The van der Waals surface area contributed by atoms with Crippen LogP contribution in [0.25, 0.3) is 0 Å². The average molecular weight is 424 g/mol. The molecule has 2 amide bonds. The number of benzene rings is 2. The van der Waals surface area contributed by atoms with Crippen LogP contribution in [0.5, 0.6) is 17.2 Å². The van der Waals surface area contributed by atoms with Crippen LogP contribution in [-0.2, 0) is 21.5 Å². The third kappa shape index (κ3) is 3.80. The zero-order chi connectivity index (χ0) is 22.0. The first-order valence-corrected chi connectivity index (χ1v) is 10.4. The molecule has 0 aromatic heterocycles. The lowest BCUT2D eigenvalue weighted by Crippen LogP contribution is -2.46. The van der Waals surface area contributed by atoms with Crippen LogP contribution in [0, 0.1) is 0 Å². The van der Waals surface area contributed by atoms with Gasteiger partial charge in [-0.3, -0.25) is 9.59 Å². The highest BCUT2D eigenvalue weighted by atomic mass is 16.5. The first kappa shape index (κ1) is 21.0. The highest BCUT2D eigenvalue weighted by Crippen LogP contribution is 2.43. The number of ether oxygens (including phenoxy) is 3. The summed E-state index contributed by atoms with van der Waals surface area (Å²) in [5, 5.41) is 3.09. The van der Waals surface area contributed by atoms with Gasteiger partial charge in [-0.25, -0.2) is 0 Å². The number of methoxy groups -OCH3 is 3. The van der Waals surface area contributed by atoms with Gasteiger partial charge in [-0.05, 0) is 48.7 Å². The fraction of sp³-hybridized carbons (Fsp3) is 0.417. The molecule has 0 saturated carbocycles. The fourth-order valence-electron chi connectivity index (χ4n) is 4.77. The maximum absolute atomic E-state index is 13.7.